The zero-order chi connectivity index (χ0) is 10.7. The lowest BCUT2D eigenvalue weighted by Crippen LogP contribution is -2.25. The Balaban J connectivity index is 2.15. The summed E-state index contributed by atoms with van der Waals surface area (Å²) in [6.45, 7) is 3.23. The van der Waals surface area contributed by atoms with E-state index in [0.717, 1.165) is 6.26 Å². The van der Waals surface area contributed by atoms with E-state index in [0.29, 0.717) is 26.1 Å². The van der Waals surface area contributed by atoms with Gasteiger partial charge < -0.3 is 9.47 Å². The third-order valence-corrected chi connectivity index (χ3v) is 2.57. The smallest absolute Gasteiger partial charge is 0.264 e. The van der Waals surface area contributed by atoms with E-state index >= 15 is 0 Å². The second-order valence-electron chi connectivity index (χ2n) is 3.46. The standard InChI is InChI=1S/C8H16O5S/c1-8(11-6-7-12-8)4-3-5-13-14(2,9)10/h3-7H2,1-2H3. The highest BCUT2D eigenvalue weighted by molar-refractivity contribution is 7.85. The molecule has 84 valence electrons. The minimum atomic E-state index is -3.32. The van der Waals surface area contributed by atoms with Gasteiger partial charge in [-0.2, -0.15) is 8.42 Å². The average molecular weight is 224 g/mol. The van der Waals surface area contributed by atoms with Gasteiger partial charge in [-0.3, -0.25) is 4.18 Å². The SMILES string of the molecule is CC1(CCCOS(C)(=O)=O)OCCO1. The highest BCUT2D eigenvalue weighted by Gasteiger charge is 2.30. The van der Waals surface area contributed by atoms with Crippen molar-refractivity contribution < 1.29 is 22.1 Å². The Hall–Kier alpha value is -0.170. The molecule has 0 aliphatic carbocycles. The minimum Gasteiger partial charge on any atom is -0.348 e. The summed E-state index contributed by atoms with van der Waals surface area (Å²) in [6.07, 6.45) is 2.28. The molecule has 0 aromatic rings. The van der Waals surface area contributed by atoms with Crippen LogP contribution in [0.15, 0.2) is 0 Å². The number of hydrogen-bond donors (Lipinski definition) is 0. The Morgan fingerprint density at radius 3 is 2.43 bits per heavy atom. The molecule has 14 heavy (non-hydrogen) atoms. The van der Waals surface area contributed by atoms with Gasteiger partial charge in [0.2, 0.25) is 0 Å². The van der Waals surface area contributed by atoms with Gasteiger partial charge in [0.05, 0.1) is 26.1 Å². The quantitative estimate of drug-likeness (QED) is 0.503. The normalized spacial score (nSPS) is 21.3. The number of rotatable bonds is 5. The van der Waals surface area contributed by atoms with Crippen LogP contribution in [-0.2, 0) is 23.8 Å². The minimum absolute atomic E-state index is 0.182. The second kappa shape index (κ2) is 4.57. The molecule has 1 rings (SSSR count). The summed E-state index contributed by atoms with van der Waals surface area (Å²) in [5, 5.41) is 0. The Morgan fingerprint density at radius 1 is 1.36 bits per heavy atom. The van der Waals surface area contributed by atoms with E-state index in [9.17, 15) is 8.42 Å². The van der Waals surface area contributed by atoms with Gasteiger partial charge in [-0.1, -0.05) is 0 Å². The summed E-state index contributed by atoms with van der Waals surface area (Å²) in [6, 6.07) is 0. The van der Waals surface area contributed by atoms with Gasteiger partial charge >= 0.3 is 0 Å². The van der Waals surface area contributed by atoms with Gasteiger partial charge in [0.25, 0.3) is 10.1 Å². The molecular formula is C8H16O5S. The summed E-state index contributed by atoms with van der Waals surface area (Å²) in [4.78, 5) is 0. The first kappa shape index (κ1) is 11.9. The summed E-state index contributed by atoms with van der Waals surface area (Å²) >= 11 is 0. The first-order chi connectivity index (χ1) is 6.41. The van der Waals surface area contributed by atoms with Crippen molar-refractivity contribution in [1.29, 1.82) is 0 Å². The molecule has 0 atom stereocenters. The first-order valence-corrected chi connectivity index (χ1v) is 6.35. The first-order valence-electron chi connectivity index (χ1n) is 4.54. The summed E-state index contributed by atoms with van der Waals surface area (Å²) in [5.41, 5.74) is 0. The number of hydrogen-bond acceptors (Lipinski definition) is 5. The molecule has 1 aliphatic heterocycles. The maximum atomic E-state index is 10.6. The molecule has 0 bridgehead atoms. The van der Waals surface area contributed by atoms with Crippen molar-refractivity contribution in [2.75, 3.05) is 26.1 Å². The van der Waals surface area contributed by atoms with Crippen LogP contribution in [0.1, 0.15) is 19.8 Å². The van der Waals surface area contributed by atoms with Gasteiger partial charge in [0, 0.05) is 6.42 Å². The van der Waals surface area contributed by atoms with Crippen LogP contribution in [0.3, 0.4) is 0 Å². The maximum absolute atomic E-state index is 10.6. The molecule has 0 saturated carbocycles. The molecule has 0 aromatic carbocycles. The van der Waals surface area contributed by atoms with Crippen LogP contribution in [0.2, 0.25) is 0 Å². The van der Waals surface area contributed by atoms with Crippen LogP contribution in [0.5, 0.6) is 0 Å². The van der Waals surface area contributed by atoms with Crippen LogP contribution in [-0.4, -0.2) is 40.3 Å². The largest absolute Gasteiger partial charge is 0.348 e. The van der Waals surface area contributed by atoms with Crippen LogP contribution in [0, 0.1) is 0 Å². The van der Waals surface area contributed by atoms with Crippen molar-refractivity contribution in [3.63, 3.8) is 0 Å². The van der Waals surface area contributed by atoms with Crippen molar-refractivity contribution >= 4 is 10.1 Å². The van der Waals surface area contributed by atoms with Crippen molar-refractivity contribution in [2.24, 2.45) is 0 Å². The Bertz CT molecular complexity index is 265. The van der Waals surface area contributed by atoms with Gasteiger partial charge in [-0.25, -0.2) is 0 Å². The molecule has 0 amide bonds. The molecule has 1 heterocycles. The lowest BCUT2D eigenvalue weighted by Gasteiger charge is -2.21. The van der Waals surface area contributed by atoms with Crippen LogP contribution in [0.25, 0.3) is 0 Å². The molecule has 6 heteroatoms. The lowest BCUT2D eigenvalue weighted by molar-refractivity contribution is -0.148. The van der Waals surface area contributed by atoms with E-state index in [2.05, 4.69) is 4.18 Å². The molecule has 1 fully saturated rings. The molecular weight excluding hydrogens is 208 g/mol. The molecule has 5 nitrogen and oxygen atoms in total. The fraction of sp³-hybridized carbons (Fsp3) is 1.00. The van der Waals surface area contributed by atoms with Crippen LogP contribution >= 0.6 is 0 Å². The zero-order valence-electron chi connectivity index (χ0n) is 8.49. The van der Waals surface area contributed by atoms with Crippen molar-refractivity contribution in [3.05, 3.63) is 0 Å². The van der Waals surface area contributed by atoms with Crippen molar-refractivity contribution in [1.82, 2.24) is 0 Å². The van der Waals surface area contributed by atoms with Gasteiger partial charge in [-0.15, -0.1) is 0 Å². The van der Waals surface area contributed by atoms with Crippen molar-refractivity contribution in [3.8, 4) is 0 Å². The third-order valence-electron chi connectivity index (χ3n) is 1.97. The van der Waals surface area contributed by atoms with E-state index in [-0.39, 0.29) is 6.61 Å². The number of ether oxygens (including phenoxy) is 2. The molecule has 0 aromatic heterocycles. The predicted molar refractivity (Wildman–Crippen MR) is 50.3 cm³/mol. The van der Waals surface area contributed by atoms with E-state index in [1.807, 2.05) is 6.92 Å². The van der Waals surface area contributed by atoms with Gasteiger partial charge in [0.1, 0.15) is 0 Å². The summed E-state index contributed by atoms with van der Waals surface area (Å²) in [5.74, 6) is -0.555. The van der Waals surface area contributed by atoms with Crippen LogP contribution < -0.4 is 0 Å². The van der Waals surface area contributed by atoms with E-state index in [1.165, 1.54) is 0 Å². The predicted octanol–water partition coefficient (Wildman–Crippen LogP) is 0.506. The average Bonchev–Trinajstić information content (AvgIpc) is 2.45. The lowest BCUT2D eigenvalue weighted by atomic mass is 10.2. The monoisotopic (exact) mass is 224 g/mol. The molecule has 0 spiro atoms. The molecule has 0 N–H and O–H groups in total. The summed E-state index contributed by atoms with van der Waals surface area (Å²) < 4.78 is 36.5. The Kier molecular flexibility index (Phi) is 3.88. The van der Waals surface area contributed by atoms with Gasteiger partial charge in [0.15, 0.2) is 5.79 Å². The third kappa shape index (κ3) is 4.36. The zero-order valence-corrected chi connectivity index (χ0v) is 9.30. The fourth-order valence-electron chi connectivity index (χ4n) is 1.30. The van der Waals surface area contributed by atoms with Gasteiger partial charge in [-0.05, 0) is 13.3 Å². The van der Waals surface area contributed by atoms with Crippen molar-refractivity contribution in [2.45, 2.75) is 25.6 Å². The van der Waals surface area contributed by atoms with Crippen LogP contribution in [0.4, 0.5) is 0 Å². The molecule has 0 radical (unpaired) electrons. The molecule has 0 unspecified atom stereocenters. The second-order valence-corrected chi connectivity index (χ2v) is 5.10. The van der Waals surface area contributed by atoms with E-state index in [1.54, 1.807) is 0 Å². The summed E-state index contributed by atoms with van der Waals surface area (Å²) in [7, 11) is -3.32. The Morgan fingerprint density at radius 2 is 1.93 bits per heavy atom. The van der Waals surface area contributed by atoms with E-state index < -0.39 is 15.9 Å². The topological polar surface area (TPSA) is 61.8 Å². The highest BCUT2D eigenvalue weighted by atomic mass is 32.2. The van der Waals surface area contributed by atoms with E-state index in [4.69, 9.17) is 9.47 Å². The fourth-order valence-corrected chi connectivity index (χ4v) is 1.73. The molecule has 1 aliphatic rings. The maximum Gasteiger partial charge on any atom is 0.264 e. The molecule has 1 saturated heterocycles. The highest BCUT2D eigenvalue weighted by Crippen LogP contribution is 2.23. The Labute approximate surface area is 84.5 Å².